The molecule has 1 N–H and O–H groups in total. The van der Waals surface area contributed by atoms with E-state index in [1.54, 1.807) is 5.57 Å². The first kappa shape index (κ1) is 41.9. The molecule has 0 aromatic carbocycles. The number of allylic oxidation sites excluding steroid dienone is 4. The molecule has 0 spiro atoms. The molecule has 3 aliphatic carbocycles. The number of methoxy groups -OCH3 is 1. The number of fused-ring (bicyclic) bond motifs is 1. The zero-order chi connectivity index (χ0) is 37.2. The minimum absolute atomic E-state index is 0.00694. The first-order valence-corrected chi connectivity index (χ1v) is 24.8. The number of carbonyl (C=O) groups is 1. The molecule has 5 nitrogen and oxygen atoms in total. The highest BCUT2D eigenvalue weighted by Crippen LogP contribution is 2.60. The van der Waals surface area contributed by atoms with Gasteiger partial charge in [-0.05, 0) is 116 Å². The van der Waals surface area contributed by atoms with E-state index in [1.165, 1.54) is 44.8 Å². The van der Waals surface area contributed by atoms with E-state index in [0.717, 1.165) is 24.8 Å². The van der Waals surface area contributed by atoms with Crippen LogP contribution in [0.25, 0.3) is 0 Å². The standard InChI is InChI=1S/C42H72O5Si2/c1-29(18-16-20-34(43)26-30(2)39(44)45-11)36-23-24-37-32(19-17-25-42(36,37)10)21-22-33-27-35(46-48(12,13)40(4,5)6)28-38(31(33)3)47-49(14,15)41(7,8)9/h16,20-22,29,34-38,43H,2-3,17-19,23-28H2,1,4-15H3/t29-,34?,35-,36-,37+,38+,42-/m1/s1. The molecule has 278 valence electrons. The lowest BCUT2D eigenvalue weighted by Crippen LogP contribution is -2.49. The third-order valence-electron chi connectivity index (χ3n) is 13.3. The van der Waals surface area contributed by atoms with E-state index in [1.807, 2.05) is 6.08 Å². The van der Waals surface area contributed by atoms with Crippen molar-refractivity contribution in [2.45, 2.75) is 168 Å². The van der Waals surface area contributed by atoms with E-state index in [0.29, 0.717) is 23.3 Å². The molecule has 3 saturated carbocycles. The van der Waals surface area contributed by atoms with Crippen LogP contribution >= 0.6 is 0 Å². The molecule has 0 heterocycles. The van der Waals surface area contributed by atoms with Gasteiger partial charge >= 0.3 is 5.97 Å². The Balaban J connectivity index is 1.81. The van der Waals surface area contributed by atoms with Crippen LogP contribution in [0.1, 0.15) is 113 Å². The second-order valence-electron chi connectivity index (χ2n) is 18.9. The first-order valence-electron chi connectivity index (χ1n) is 19.0. The molecule has 1 unspecified atom stereocenters. The van der Waals surface area contributed by atoms with Gasteiger partial charge in [0.25, 0.3) is 0 Å². The van der Waals surface area contributed by atoms with Gasteiger partial charge in [-0.2, -0.15) is 0 Å². The molecule has 7 heteroatoms. The van der Waals surface area contributed by atoms with E-state index in [2.05, 4.69) is 113 Å². The number of rotatable bonds is 12. The number of ether oxygens (including phenoxy) is 1. The maximum atomic E-state index is 11.7. The molecule has 49 heavy (non-hydrogen) atoms. The van der Waals surface area contributed by atoms with Crippen LogP contribution in [0.2, 0.25) is 36.3 Å². The number of aliphatic hydroxyl groups is 1. The van der Waals surface area contributed by atoms with Gasteiger partial charge < -0.3 is 18.7 Å². The van der Waals surface area contributed by atoms with Crippen LogP contribution in [0.5, 0.6) is 0 Å². The molecule has 0 amide bonds. The third kappa shape index (κ3) is 10.1. The smallest absolute Gasteiger partial charge is 0.333 e. The Labute approximate surface area is 303 Å². The lowest BCUT2D eigenvalue weighted by atomic mass is 9.61. The average Bonchev–Trinajstić information content (AvgIpc) is 3.33. The summed E-state index contributed by atoms with van der Waals surface area (Å²) in [6.45, 7) is 36.7. The van der Waals surface area contributed by atoms with Crippen molar-refractivity contribution >= 4 is 22.6 Å². The number of aliphatic hydroxyl groups excluding tert-OH is 1. The van der Waals surface area contributed by atoms with Gasteiger partial charge in [0.15, 0.2) is 16.6 Å². The minimum Gasteiger partial charge on any atom is -0.466 e. The molecule has 0 saturated heterocycles. The molecule has 7 atom stereocenters. The van der Waals surface area contributed by atoms with Crippen LogP contribution in [-0.4, -0.2) is 53.1 Å². The second-order valence-corrected chi connectivity index (χ2v) is 28.4. The number of hydrogen-bond donors (Lipinski definition) is 1. The second kappa shape index (κ2) is 16.0. The summed E-state index contributed by atoms with van der Waals surface area (Å²) in [5.41, 5.74) is 4.63. The summed E-state index contributed by atoms with van der Waals surface area (Å²) < 4.78 is 18.9. The predicted octanol–water partition coefficient (Wildman–Crippen LogP) is 11.2. The summed E-state index contributed by atoms with van der Waals surface area (Å²) in [5.74, 6) is 1.28. The molecule has 0 bridgehead atoms. The molecular formula is C42H72O5Si2. The van der Waals surface area contributed by atoms with Gasteiger partial charge in [-0.1, -0.05) is 98.4 Å². The molecule has 0 aromatic rings. The van der Waals surface area contributed by atoms with Crippen molar-refractivity contribution < 1.29 is 23.5 Å². The molecule has 3 fully saturated rings. The van der Waals surface area contributed by atoms with Crippen molar-refractivity contribution in [1.29, 1.82) is 0 Å². The van der Waals surface area contributed by atoms with Crippen LogP contribution in [0, 0.1) is 23.2 Å². The lowest BCUT2D eigenvalue weighted by molar-refractivity contribution is -0.136. The Morgan fingerprint density at radius 1 is 1.04 bits per heavy atom. The van der Waals surface area contributed by atoms with Gasteiger partial charge in [-0.3, -0.25) is 0 Å². The summed E-state index contributed by atoms with van der Waals surface area (Å²) in [6, 6.07) is 0. The monoisotopic (exact) mass is 712 g/mol. The first-order chi connectivity index (χ1) is 22.4. The summed E-state index contributed by atoms with van der Waals surface area (Å²) in [6.07, 6.45) is 17.2. The minimum atomic E-state index is -2.01. The van der Waals surface area contributed by atoms with E-state index in [4.69, 9.17) is 13.6 Å². The van der Waals surface area contributed by atoms with Gasteiger partial charge in [0, 0.05) is 18.4 Å². The van der Waals surface area contributed by atoms with E-state index in [-0.39, 0.29) is 34.1 Å². The maximum Gasteiger partial charge on any atom is 0.333 e. The van der Waals surface area contributed by atoms with Crippen LogP contribution < -0.4 is 0 Å². The summed E-state index contributed by atoms with van der Waals surface area (Å²) in [5, 5.41) is 10.7. The van der Waals surface area contributed by atoms with Gasteiger partial charge in [0.05, 0.1) is 25.4 Å². The highest BCUT2D eigenvalue weighted by Gasteiger charge is 2.50. The fraction of sp³-hybridized carbons (Fsp3) is 0.738. The van der Waals surface area contributed by atoms with Gasteiger partial charge in [-0.25, -0.2) is 4.79 Å². The highest BCUT2D eigenvalue weighted by molar-refractivity contribution is 6.74. The topological polar surface area (TPSA) is 65.0 Å². The lowest BCUT2D eigenvalue weighted by Gasteiger charge is -2.46. The Hall–Kier alpha value is -1.52. The van der Waals surface area contributed by atoms with Crippen molar-refractivity contribution in [1.82, 2.24) is 0 Å². The number of hydrogen-bond acceptors (Lipinski definition) is 5. The van der Waals surface area contributed by atoms with E-state index in [9.17, 15) is 9.90 Å². The van der Waals surface area contributed by atoms with Crippen molar-refractivity contribution in [2.75, 3.05) is 7.11 Å². The fourth-order valence-electron chi connectivity index (χ4n) is 8.14. The molecule has 0 aliphatic heterocycles. The number of esters is 1. The zero-order valence-corrected chi connectivity index (χ0v) is 35.6. The molecule has 3 rings (SSSR count). The normalized spacial score (nSPS) is 30.1. The van der Waals surface area contributed by atoms with Crippen molar-refractivity contribution in [3.05, 3.63) is 59.8 Å². The maximum absolute atomic E-state index is 11.7. The zero-order valence-electron chi connectivity index (χ0n) is 33.6. The SMILES string of the molecule is C=C(CC(O)C=CC[C@@H](C)[C@H]1CC[C@H]2C(=CC=C3C[C@@H](O[Si](C)(C)C(C)(C)C)C[C@H](O[Si](C)(C)C(C)(C)C)C3=C)CCC[C@]12C)C(=O)OC. The van der Waals surface area contributed by atoms with Gasteiger partial charge in [0.1, 0.15) is 0 Å². The molecule has 0 aromatic heterocycles. The van der Waals surface area contributed by atoms with Gasteiger partial charge in [0.2, 0.25) is 0 Å². The van der Waals surface area contributed by atoms with Crippen molar-refractivity contribution in [3.63, 3.8) is 0 Å². The van der Waals surface area contributed by atoms with E-state index >= 15 is 0 Å². The summed E-state index contributed by atoms with van der Waals surface area (Å²) in [7, 11) is -2.63. The van der Waals surface area contributed by atoms with Crippen molar-refractivity contribution in [2.24, 2.45) is 23.2 Å². The third-order valence-corrected chi connectivity index (χ3v) is 22.3. The van der Waals surface area contributed by atoms with Gasteiger partial charge in [-0.15, -0.1) is 0 Å². The molecular weight excluding hydrogens is 641 g/mol. The van der Waals surface area contributed by atoms with Crippen LogP contribution in [0.4, 0.5) is 0 Å². The Morgan fingerprint density at radius 2 is 1.65 bits per heavy atom. The van der Waals surface area contributed by atoms with Crippen LogP contribution in [0.15, 0.2) is 59.8 Å². The average molecular weight is 713 g/mol. The number of carbonyl (C=O) groups excluding carboxylic acids is 1. The Kier molecular flexibility index (Phi) is 13.7. The van der Waals surface area contributed by atoms with E-state index < -0.39 is 28.7 Å². The highest BCUT2D eigenvalue weighted by atomic mass is 28.4. The summed E-state index contributed by atoms with van der Waals surface area (Å²) in [4.78, 5) is 11.7. The van der Waals surface area contributed by atoms with Crippen LogP contribution in [0.3, 0.4) is 0 Å². The summed E-state index contributed by atoms with van der Waals surface area (Å²) >= 11 is 0. The molecule has 0 radical (unpaired) electrons. The fourth-order valence-corrected chi connectivity index (χ4v) is 10.8. The van der Waals surface area contributed by atoms with Crippen LogP contribution in [-0.2, 0) is 18.4 Å². The molecule has 3 aliphatic rings. The Bertz CT molecular complexity index is 1290. The largest absolute Gasteiger partial charge is 0.466 e. The predicted molar refractivity (Wildman–Crippen MR) is 212 cm³/mol. The van der Waals surface area contributed by atoms with Crippen molar-refractivity contribution in [3.8, 4) is 0 Å². The quantitative estimate of drug-likeness (QED) is 0.0944. The Morgan fingerprint density at radius 3 is 2.24 bits per heavy atom.